The number of benzene rings is 1. The number of thiophene rings is 1. The lowest BCUT2D eigenvalue weighted by Crippen LogP contribution is -2.40. The molecule has 1 fully saturated rings. The fourth-order valence-corrected chi connectivity index (χ4v) is 5.76. The molecule has 162 valence electrons. The molecule has 1 atom stereocenters. The molecule has 1 aromatic carbocycles. The van der Waals surface area contributed by atoms with Gasteiger partial charge in [0.1, 0.15) is 6.04 Å². The van der Waals surface area contributed by atoms with Crippen LogP contribution in [0.25, 0.3) is 6.08 Å². The van der Waals surface area contributed by atoms with Crippen LogP contribution in [0.1, 0.15) is 22.4 Å². The van der Waals surface area contributed by atoms with E-state index in [1.165, 1.54) is 28.5 Å². The predicted octanol–water partition coefficient (Wildman–Crippen LogP) is 3.21. The van der Waals surface area contributed by atoms with E-state index < -0.39 is 16.1 Å². The molecule has 0 aliphatic carbocycles. The second-order valence-corrected chi connectivity index (χ2v) is 10.5. The standard InChI is InChI=1S/C20H22ClN3O3S2.ClH/c21-19-4-3-17(28-19)8-12-29(26,27)23-18-7-11-24(20(18)25)16-2-1-14-5-9-22-10-6-15(14)13-16;/h1-4,8,12-13,18,22-23H,5-7,9-11H2;1H/b12-8+;/t18-;/m0./s1. The number of nitrogens with zero attached hydrogens (tertiary/aromatic N) is 1. The normalized spacial score (nSPS) is 19.6. The summed E-state index contributed by atoms with van der Waals surface area (Å²) in [6.07, 6.45) is 3.83. The van der Waals surface area contributed by atoms with Crippen molar-refractivity contribution < 1.29 is 13.2 Å². The van der Waals surface area contributed by atoms with Gasteiger partial charge >= 0.3 is 0 Å². The van der Waals surface area contributed by atoms with Crippen molar-refractivity contribution in [2.45, 2.75) is 25.3 Å². The van der Waals surface area contributed by atoms with Crippen LogP contribution in [0, 0.1) is 0 Å². The number of rotatable bonds is 5. The number of carbonyl (C=O) groups excluding carboxylic acids is 1. The van der Waals surface area contributed by atoms with Crippen molar-refractivity contribution in [3.05, 3.63) is 56.1 Å². The number of halogens is 2. The van der Waals surface area contributed by atoms with E-state index in [2.05, 4.69) is 22.2 Å². The highest BCUT2D eigenvalue weighted by Gasteiger charge is 2.35. The fourth-order valence-electron chi connectivity index (χ4n) is 3.69. The summed E-state index contributed by atoms with van der Waals surface area (Å²) in [7, 11) is -3.73. The third-order valence-electron chi connectivity index (χ3n) is 5.16. The summed E-state index contributed by atoms with van der Waals surface area (Å²) in [5.74, 6) is -0.215. The highest BCUT2D eigenvalue weighted by Crippen LogP contribution is 2.26. The molecule has 2 aliphatic heterocycles. The third kappa shape index (κ3) is 5.43. The number of fused-ring (bicyclic) bond motifs is 1. The largest absolute Gasteiger partial charge is 0.316 e. The molecule has 2 aromatic rings. The van der Waals surface area contributed by atoms with Gasteiger partial charge in [0.05, 0.1) is 4.34 Å². The van der Waals surface area contributed by atoms with Gasteiger partial charge in [0, 0.05) is 22.5 Å². The van der Waals surface area contributed by atoms with Crippen LogP contribution in [0.4, 0.5) is 5.69 Å². The first-order chi connectivity index (χ1) is 13.9. The van der Waals surface area contributed by atoms with Gasteiger partial charge in [-0.3, -0.25) is 4.79 Å². The van der Waals surface area contributed by atoms with Crippen molar-refractivity contribution >= 4 is 63.0 Å². The molecule has 0 unspecified atom stereocenters. The van der Waals surface area contributed by atoms with E-state index in [9.17, 15) is 13.2 Å². The van der Waals surface area contributed by atoms with Gasteiger partial charge in [0.2, 0.25) is 15.9 Å². The summed E-state index contributed by atoms with van der Waals surface area (Å²) in [4.78, 5) is 15.3. The van der Waals surface area contributed by atoms with E-state index in [1.54, 1.807) is 17.0 Å². The summed E-state index contributed by atoms with van der Waals surface area (Å²) in [5, 5.41) is 4.46. The number of carbonyl (C=O) groups is 1. The molecular weight excluding hydrogens is 465 g/mol. The maximum Gasteiger partial charge on any atom is 0.245 e. The molecule has 2 aliphatic rings. The Balaban J connectivity index is 0.00000256. The maximum atomic E-state index is 12.8. The zero-order chi connectivity index (χ0) is 20.4. The van der Waals surface area contributed by atoms with E-state index in [4.69, 9.17) is 11.6 Å². The molecule has 0 radical (unpaired) electrons. The van der Waals surface area contributed by atoms with E-state index in [-0.39, 0.29) is 18.3 Å². The molecule has 4 rings (SSSR count). The summed E-state index contributed by atoms with van der Waals surface area (Å²) in [5.41, 5.74) is 3.39. The van der Waals surface area contributed by atoms with Crippen LogP contribution in [0.2, 0.25) is 4.34 Å². The van der Waals surface area contributed by atoms with Gasteiger partial charge in [-0.1, -0.05) is 17.7 Å². The lowest BCUT2D eigenvalue weighted by molar-refractivity contribution is -0.118. The molecule has 30 heavy (non-hydrogen) atoms. The Morgan fingerprint density at radius 3 is 2.67 bits per heavy atom. The minimum absolute atomic E-state index is 0. The monoisotopic (exact) mass is 487 g/mol. The molecule has 6 nitrogen and oxygen atoms in total. The molecule has 1 aromatic heterocycles. The van der Waals surface area contributed by atoms with Gasteiger partial charge in [-0.15, -0.1) is 23.7 Å². The Morgan fingerprint density at radius 1 is 1.17 bits per heavy atom. The molecule has 10 heteroatoms. The Labute approximate surface area is 191 Å². The highest BCUT2D eigenvalue weighted by molar-refractivity contribution is 7.92. The molecule has 3 heterocycles. The number of nitrogens with one attached hydrogen (secondary N) is 2. The minimum atomic E-state index is -3.73. The van der Waals surface area contributed by atoms with Crippen molar-refractivity contribution in [2.24, 2.45) is 0 Å². The van der Waals surface area contributed by atoms with Gasteiger partial charge in [-0.05, 0) is 73.8 Å². The number of amides is 1. The first kappa shape index (κ1) is 23.2. The molecule has 0 bridgehead atoms. The van der Waals surface area contributed by atoms with Crippen LogP contribution in [0.5, 0.6) is 0 Å². The molecule has 0 spiro atoms. The molecule has 1 saturated heterocycles. The van der Waals surface area contributed by atoms with Crippen LogP contribution in [0.15, 0.2) is 35.7 Å². The van der Waals surface area contributed by atoms with E-state index in [0.717, 1.165) is 41.9 Å². The lowest BCUT2D eigenvalue weighted by atomic mass is 10.0. The number of sulfonamides is 1. The Hall–Kier alpha value is -1.42. The van der Waals surface area contributed by atoms with Gasteiger partial charge in [-0.2, -0.15) is 4.72 Å². The average Bonchev–Trinajstić information content (AvgIpc) is 3.17. The van der Waals surface area contributed by atoms with Crippen LogP contribution in [-0.4, -0.2) is 40.0 Å². The van der Waals surface area contributed by atoms with Crippen LogP contribution in [-0.2, 0) is 27.7 Å². The molecule has 2 N–H and O–H groups in total. The van der Waals surface area contributed by atoms with Gasteiger partial charge in [-0.25, -0.2) is 8.42 Å². The number of hydrogen-bond acceptors (Lipinski definition) is 5. The van der Waals surface area contributed by atoms with E-state index in [1.807, 2.05) is 6.07 Å². The van der Waals surface area contributed by atoms with E-state index >= 15 is 0 Å². The quantitative estimate of drug-likeness (QED) is 0.678. The topological polar surface area (TPSA) is 78.5 Å². The first-order valence-electron chi connectivity index (χ1n) is 9.51. The lowest BCUT2D eigenvalue weighted by Gasteiger charge is -2.19. The summed E-state index contributed by atoms with van der Waals surface area (Å²) < 4.78 is 27.9. The van der Waals surface area contributed by atoms with Gasteiger partial charge in [0.15, 0.2) is 0 Å². The number of anilines is 1. The second-order valence-electron chi connectivity index (χ2n) is 7.14. The maximum absolute atomic E-state index is 12.8. The van der Waals surface area contributed by atoms with Crippen molar-refractivity contribution in [3.8, 4) is 0 Å². The zero-order valence-corrected chi connectivity index (χ0v) is 19.3. The van der Waals surface area contributed by atoms with Crippen LogP contribution >= 0.6 is 35.3 Å². The summed E-state index contributed by atoms with van der Waals surface area (Å²) in [6.45, 7) is 2.38. The van der Waals surface area contributed by atoms with Crippen LogP contribution in [0.3, 0.4) is 0 Å². The predicted molar refractivity (Wildman–Crippen MR) is 125 cm³/mol. The Bertz CT molecular complexity index is 1050. The number of hydrogen-bond donors (Lipinski definition) is 2. The first-order valence-corrected chi connectivity index (χ1v) is 12.2. The summed E-state index contributed by atoms with van der Waals surface area (Å²) in [6, 6.07) is 8.81. The summed E-state index contributed by atoms with van der Waals surface area (Å²) >= 11 is 7.15. The van der Waals surface area contributed by atoms with Crippen molar-refractivity contribution in [2.75, 3.05) is 24.5 Å². The average molecular weight is 488 g/mol. The van der Waals surface area contributed by atoms with Crippen molar-refractivity contribution in [1.82, 2.24) is 10.0 Å². The zero-order valence-electron chi connectivity index (χ0n) is 16.1. The minimum Gasteiger partial charge on any atom is -0.316 e. The third-order valence-corrected chi connectivity index (χ3v) is 7.47. The molecule has 1 amide bonds. The van der Waals surface area contributed by atoms with Gasteiger partial charge < -0.3 is 10.2 Å². The Kier molecular flexibility index (Phi) is 7.60. The van der Waals surface area contributed by atoms with E-state index in [0.29, 0.717) is 17.3 Å². The van der Waals surface area contributed by atoms with Crippen molar-refractivity contribution in [1.29, 1.82) is 0 Å². The molecular formula is C20H23Cl2N3O3S2. The van der Waals surface area contributed by atoms with Gasteiger partial charge in [0.25, 0.3) is 0 Å². The smallest absolute Gasteiger partial charge is 0.245 e. The highest BCUT2D eigenvalue weighted by atomic mass is 35.5. The Morgan fingerprint density at radius 2 is 1.93 bits per heavy atom. The van der Waals surface area contributed by atoms with Crippen LogP contribution < -0.4 is 14.9 Å². The molecule has 0 saturated carbocycles. The second kappa shape index (κ2) is 9.80. The van der Waals surface area contributed by atoms with Crippen molar-refractivity contribution in [3.63, 3.8) is 0 Å². The fraction of sp³-hybridized carbons (Fsp3) is 0.350. The SMILES string of the molecule is Cl.O=C1[C@@H](NS(=O)(=O)/C=C/c2ccc(Cl)s2)CCN1c1ccc2c(c1)CCNCC2.